The van der Waals surface area contributed by atoms with Gasteiger partial charge in [0, 0.05) is 37.4 Å². The number of aromatic nitrogens is 1. The van der Waals surface area contributed by atoms with Crippen LogP contribution in [0, 0.1) is 0 Å². The van der Waals surface area contributed by atoms with Crippen LogP contribution in [0.5, 0.6) is 0 Å². The van der Waals surface area contributed by atoms with E-state index in [1.54, 1.807) is 0 Å². The standard InChI is InChI=1S/C19H21N3O.2C2HF3O2/c23-19-10-9-17-18(22(19)16-7-2-1-3-8-16)11-13-21(17)14-15-6-4-5-12-20-15;2*3-2(4,5)1(6)7/h1-8,12,17-18H,9-11,13-14H2;2*(H,6,7)/t17-,18-;;/m1../s1. The van der Waals surface area contributed by atoms with E-state index in [-0.39, 0.29) is 5.91 Å². The number of carbonyl (C=O) groups excluding carboxylic acids is 1. The molecule has 0 radical (unpaired) electrons. The second kappa shape index (κ2) is 12.5. The Kier molecular flexibility index (Phi) is 10.00. The fraction of sp³-hybridized carbons (Fsp3) is 0.391. The molecule has 2 aliphatic heterocycles. The Hall–Kier alpha value is -3.68. The molecule has 0 unspecified atom stereocenters. The van der Waals surface area contributed by atoms with E-state index in [9.17, 15) is 31.1 Å². The van der Waals surface area contributed by atoms with Gasteiger partial charge in [-0.25, -0.2) is 9.59 Å². The molecule has 2 aliphatic rings. The van der Waals surface area contributed by atoms with Crippen LogP contribution in [0.25, 0.3) is 0 Å². The molecule has 2 fully saturated rings. The summed E-state index contributed by atoms with van der Waals surface area (Å²) in [5.74, 6) is -5.25. The van der Waals surface area contributed by atoms with Crippen LogP contribution in [0.2, 0.25) is 0 Å². The Bertz CT molecular complexity index is 1030. The van der Waals surface area contributed by atoms with Crippen LogP contribution in [-0.2, 0) is 20.9 Å². The van der Waals surface area contributed by atoms with Crippen molar-refractivity contribution in [2.45, 2.75) is 50.2 Å². The van der Waals surface area contributed by atoms with Crippen LogP contribution in [0.15, 0.2) is 54.7 Å². The lowest BCUT2D eigenvalue weighted by molar-refractivity contribution is -0.193. The first kappa shape index (κ1) is 29.5. The van der Waals surface area contributed by atoms with Crippen LogP contribution in [-0.4, -0.2) is 68.9 Å². The van der Waals surface area contributed by atoms with Crippen molar-refractivity contribution in [3.8, 4) is 0 Å². The normalized spacial score (nSPS) is 19.6. The van der Waals surface area contributed by atoms with E-state index < -0.39 is 24.3 Å². The van der Waals surface area contributed by atoms with Crippen molar-refractivity contribution in [2.75, 3.05) is 11.4 Å². The number of benzene rings is 1. The van der Waals surface area contributed by atoms with Gasteiger partial charge in [-0.05, 0) is 37.1 Å². The van der Waals surface area contributed by atoms with Gasteiger partial charge in [0.1, 0.15) is 0 Å². The van der Waals surface area contributed by atoms with Gasteiger partial charge in [0.25, 0.3) is 0 Å². The van der Waals surface area contributed by atoms with Crippen molar-refractivity contribution in [3.05, 3.63) is 60.4 Å². The molecular weight excluding hydrogens is 512 g/mol. The minimum absolute atomic E-state index is 0.261. The number of rotatable bonds is 3. The van der Waals surface area contributed by atoms with Gasteiger partial charge < -0.3 is 15.1 Å². The monoisotopic (exact) mass is 535 g/mol. The van der Waals surface area contributed by atoms with Gasteiger partial charge in [0.15, 0.2) is 0 Å². The molecule has 0 aliphatic carbocycles. The molecule has 14 heteroatoms. The Morgan fingerprint density at radius 2 is 1.41 bits per heavy atom. The maximum Gasteiger partial charge on any atom is 0.490 e. The summed E-state index contributed by atoms with van der Waals surface area (Å²) in [5.41, 5.74) is 2.14. The van der Waals surface area contributed by atoms with Crippen molar-refractivity contribution < 1.29 is 50.9 Å². The average molecular weight is 535 g/mol. The molecule has 1 aromatic heterocycles. The summed E-state index contributed by atoms with van der Waals surface area (Å²) in [6, 6.07) is 16.9. The number of aliphatic carboxylic acids is 2. The summed E-state index contributed by atoms with van der Waals surface area (Å²) in [7, 11) is 0. The highest BCUT2D eigenvalue weighted by atomic mass is 19.4. The first-order valence-electron chi connectivity index (χ1n) is 10.8. The lowest BCUT2D eigenvalue weighted by Gasteiger charge is -2.39. The van der Waals surface area contributed by atoms with E-state index in [1.165, 1.54) is 0 Å². The number of likely N-dealkylation sites (tertiary alicyclic amines) is 1. The molecule has 8 nitrogen and oxygen atoms in total. The number of nitrogens with zero attached hydrogens (tertiary/aromatic N) is 3. The Balaban J connectivity index is 0.000000286. The van der Waals surface area contributed by atoms with Crippen LogP contribution in [0.3, 0.4) is 0 Å². The third kappa shape index (κ3) is 8.74. The topological polar surface area (TPSA) is 111 Å². The predicted molar refractivity (Wildman–Crippen MR) is 117 cm³/mol. The summed E-state index contributed by atoms with van der Waals surface area (Å²) in [6.45, 7) is 1.90. The number of carbonyl (C=O) groups is 3. The largest absolute Gasteiger partial charge is 0.490 e. The van der Waals surface area contributed by atoms with Crippen molar-refractivity contribution in [2.24, 2.45) is 0 Å². The second-order valence-electron chi connectivity index (χ2n) is 7.96. The molecule has 0 saturated carbocycles. The number of alkyl halides is 6. The number of amides is 1. The van der Waals surface area contributed by atoms with E-state index in [4.69, 9.17) is 19.8 Å². The van der Waals surface area contributed by atoms with Gasteiger partial charge in [0.2, 0.25) is 5.91 Å². The number of carboxylic acids is 2. The van der Waals surface area contributed by atoms with Crippen molar-refractivity contribution in [1.29, 1.82) is 0 Å². The van der Waals surface area contributed by atoms with Crippen LogP contribution >= 0.6 is 0 Å². The number of piperidine rings is 1. The fourth-order valence-electron chi connectivity index (χ4n) is 3.97. The smallest absolute Gasteiger partial charge is 0.475 e. The zero-order valence-corrected chi connectivity index (χ0v) is 19.1. The quantitative estimate of drug-likeness (QED) is 0.569. The molecular formula is C23H23F6N3O5. The maximum atomic E-state index is 12.5. The summed E-state index contributed by atoms with van der Waals surface area (Å²) < 4.78 is 63.5. The number of carboxylic acid groups (broad SMARTS) is 2. The van der Waals surface area contributed by atoms with Gasteiger partial charge in [-0.1, -0.05) is 24.3 Å². The predicted octanol–water partition coefficient (Wildman–Crippen LogP) is 4.12. The number of anilines is 1. The number of hydrogen-bond donors (Lipinski definition) is 2. The van der Waals surface area contributed by atoms with Crippen LogP contribution in [0.1, 0.15) is 25.0 Å². The van der Waals surface area contributed by atoms with Crippen molar-refractivity contribution in [3.63, 3.8) is 0 Å². The average Bonchev–Trinajstić information content (AvgIpc) is 3.22. The zero-order chi connectivity index (χ0) is 27.8. The van der Waals surface area contributed by atoms with Crippen molar-refractivity contribution >= 4 is 23.5 Å². The van der Waals surface area contributed by atoms with E-state index in [0.717, 1.165) is 37.3 Å². The van der Waals surface area contributed by atoms with Crippen molar-refractivity contribution in [1.82, 2.24) is 9.88 Å². The van der Waals surface area contributed by atoms with Gasteiger partial charge in [0.05, 0.1) is 11.7 Å². The molecule has 1 aromatic carbocycles. The lowest BCUT2D eigenvalue weighted by Crippen LogP contribution is -2.52. The molecule has 37 heavy (non-hydrogen) atoms. The molecule has 2 N–H and O–H groups in total. The van der Waals surface area contributed by atoms with E-state index in [2.05, 4.69) is 16.0 Å². The highest BCUT2D eigenvalue weighted by Gasteiger charge is 2.43. The zero-order valence-electron chi connectivity index (χ0n) is 19.1. The second-order valence-corrected chi connectivity index (χ2v) is 7.96. The minimum atomic E-state index is -5.08. The maximum absolute atomic E-state index is 12.5. The minimum Gasteiger partial charge on any atom is -0.475 e. The summed E-state index contributed by atoms with van der Waals surface area (Å²) in [6.07, 6.45) is -5.68. The Labute approximate surface area is 207 Å². The molecule has 2 aromatic rings. The molecule has 0 spiro atoms. The summed E-state index contributed by atoms with van der Waals surface area (Å²) >= 11 is 0. The summed E-state index contributed by atoms with van der Waals surface area (Å²) in [5, 5.41) is 14.2. The number of fused-ring (bicyclic) bond motifs is 1. The van der Waals surface area contributed by atoms with E-state index >= 15 is 0 Å². The Morgan fingerprint density at radius 1 is 0.865 bits per heavy atom. The molecule has 2 atom stereocenters. The fourth-order valence-corrected chi connectivity index (χ4v) is 3.97. The number of pyridine rings is 1. The number of para-hydroxylation sites is 1. The lowest BCUT2D eigenvalue weighted by atomic mass is 9.95. The van der Waals surface area contributed by atoms with Gasteiger partial charge in [-0.15, -0.1) is 0 Å². The molecule has 0 bridgehead atoms. The molecule has 4 rings (SSSR count). The third-order valence-electron chi connectivity index (χ3n) is 5.49. The summed E-state index contributed by atoms with van der Waals surface area (Å²) in [4.78, 5) is 39.3. The van der Waals surface area contributed by atoms with Gasteiger partial charge in [-0.2, -0.15) is 26.3 Å². The SMILES string of the molecule is O=C(O)C(F)(F)F.O=C(O)C(F)(F)F.O=C1CC[C@@H]2[C@@H](CCN2Cc2ccccn2)N1c1ccccc1. The highest BCUT2D eigenvalue weighted by molar-refractivity contribution is 5.95. The van der Waals surface area contributed by atoms with E-state index in [1.807, 2.05) is 53.6 Å². The number of halogens is 6. The first-order valence-corrected chi connectivity index (χ1v) is 10.8. The first-order chi connectivity index (χ1) is 17.2. The number of hydrogen-bond acceptors (Lipinski definition) is 5. The van der Waals surface area contributed by atoms with E-state index in [0.29, 0.717) is 18.5 Å². The third-order valence-corrected chi connectivity index (χ3v) is 5.49. The molecule has 2 saturated heterocycles. The molecule has 3 heterocycles. The molecule has 1 amide bonds. The van der Waals surface area contributed by atoms with Gasteiger partial charge in [-0.3, -0.25) is 14.7 Å². The van der Waals surface area contributed by atoms with Crippen LogP contribution < -0.4 is 4.90 Å². The molecule has 202 valence electrons. The highest BCUT2D eigenvalue weighted by Crippen LogP contribution is 2.35. The van der Waals surface area contributed by atoms with Gasteiger partial charge >= 0.3 is 24.3 Å². The Morgan fingerprint density at radius 3 is 1.89 bits per heavy atom. The van der Waals surface area contributed by atoms with Crippen LogP contribution in [0.4, 0.5) is 32.0 Å².